The lowest BCUT2D eigenvalue weighted by Gasteiger charge is -2.26. The van der Waals surface area contributed by atoms with Gasteiger partial charge in [0.25, 0.3) is 0 Å². The number of pyridine rings is 2. The summed E-state index contributed by atoms with van der Waals surface area (Å²) in [5.74, 6) is 0. The van der Waals surface area contributed by atoms with Gasteiger partial charge in [0.2, 0.25) is 5.56 Å². The number of rotatable bonds is 4. The number of nitrogens with one attached hydrogen (secondary N) is 1. The van der Waals surface area contributed by atoms with Crippen LogP contribution >= 0.6 is 0 Å². The zero-order valence-electron chi connectivity index (χ0n) is 13.3. The molecule has 124 valence electrons. The van der Waals surface area contributed by atoms with Crippen molar-refractivity contribution in [3.63, 3.8) is 0 Å². The third-order valence-electron chi connectivity index (χ3n) is 4.31. The lowest BCUT2D eigenvalue weighted by atomic mass is 10.1. The number of H-pyrrole nitrogens is 1. The van der Waals surface area contributed by atoms with Crippen molar-refractivity contribution < 1.29 is 4.74 Å². The molecule has 0 bridgehead atoms. The second-order valence-corrected chi connectivity index (χ2v) is 5.89. The summed E-state index contributed by atoms with van der Waals surface area (Å²) >= 11 is 0. The van der Waals surface area contributed by atoms with Crippen molar-refractivity contribution in [2.24, 2.45) is 0 Å². The second kappa shape index (κ2) is 6.54. The summed E-state index contributed by atoms with van der Waals surface area (Å²) in [7, 11) is 0. The minimum atomic E-state index is -0.128. The van der Waals surface area contributed by atoms with Gasteiger partial charge in [0.1, 0.15) is 0 Å². The van der Waals surface area contributed by atoms with Crippen LogP contribution in [0, 0.1) is 0 Å². The van der Waals surface area contributed by atoms with Gasteiger partial charge in [-0.25, -0.2) is 0 Å². The van der Waals surface area contributed by atoms with Crippen LogP contribution in [0.4, 0.5) is 0 Å². The van der Waals surface area contributed by atoms with E-state index in [-0.39, 0.29) is 5.56 Å². The maximum absolute atomic E-state index is 11.6. The van der Waals surface area contributed by atoms with E-state index in [1.54, 1.807) is 12.3 Å². The van der Waals surface area contributed by atoms with Gasteiger partial charge in [0, 0.05) is 49.2 Å². The molecule has 3 aromatic heterocycles. The van der Waals surface area contributed by atoms with E-state index in [0.29, 0.717) is 0 Å². The van der Waals surface area contributed by atoms with E-state index >= 15 is 0 Å². The van der Waals surface area contributed by atoms with Crippen molar-refractivity contribution in [2.45, 2.75) is 6.54 Å². The molecule has 4 heterocycles. The van der Waals surface area contributed by atoms with Gasteiger partial charge >= 0.3 is 0 Å². The average Bonchev–Trinajstić information content (AvgIpc) is 3.09. The first-order valence-corrected chi connectivity index (χ1v) is 8.10. The molecule has 7 heteroatoms. The predicted molar refractivity (Wildman–Crippen MR) is 90.8 cm³/mol. The fourth-order valence-electron chi connectivity index (χ4n) is 2.99. The molecule has 0 unspecified atom stereocenters. The first kappa shape index (κ1) is 15.0. The largest absolute Gasteiger partial charge is 0.379 e. The van der Waals surface area contributed by atoms with Crippen LogP contribution in [0.3, 0.4) is 0 Å². The van der Waals surface area contributed by atoms with Crippen molar-refractivity contribution in [1.82, 2.24) is 24.6 Å². The van der Waals surface area contributed by atoms with Crippen LogP contribution < -0.4 is 5.56 Å². The number of hydrogen-bond acceptors (Lipinski definition) is 5. The number of fused-ring (bicyclic) bond motifs is 1. The fourth-order valence-corrected chi connectivity index (χ4v) is 2.99. The van der Waals surface area contributed by atoms with Crippen molar-refractivity contribution >= 4 is 11.0 Å². The monoisotopic (exact) mass is 325 g/mol. The maximum Gasteiger partial charge on any atom is 0.248 e. The molecule has 0 radical (unpaired) electrons. The summed E-state index contributed by atoms with van der Waals surface area (Å²) < 4.78 is 7.31. The molecular formula is C17H19N5O2. The average molecular weight is 325 g/mol. The van der Waals surface area contributed by atoms with E-state index in [2.05, 4.69) is 20.0 Å². The number of hydrogen-bond donors (Lipinski definition) is 1. The maximum atomic E-state index is 11.6. The molecule has 4 rings (SSSR count). The second-order valence-electron chi connectivity index (χ2n) is 5.89. The highest BCUT2D eigenvalue weighted by molar-refractivity contribution is 5.90. The lowest BCUT2D eigenvalue weighted by molar-refractivity contribution is 0.0360. The normalized spacial score (nSPS) is 15.8. The number of morpholine rings is 1. The van der Waals surface area contributed by atoms with E-state index in [0.717, 1.165) is 61.6 Å². The minimum absolute atomic E-state index is 0.128. The van der Waals surface area contributed by atoms with Crippen LogP contribution in [-0.2, 0) is 11.3 Å². The van der Waals surface area contributed by atoms with Gasteiger partial charge in [-0.15, -0.1) is 0 Å². The Morgan fingerprint density at radius 2 is 2.04 bits per heavy atom. The number of aromatic amines is 1. The Hall–Kier alpha value is -2.51. The molecule has 1 fully saturated rings. The topological polar surface area (TPSA) is 76.0 Å². The Bertz CT molecular complexity index is 895. The molecule has 24 heavy (non-hydrogen) atoms. The Balaban J connectivity index is 1.56. The Morgan fingerprint density at radius 3 is 2.92 bits per heavy atom. The Morgan fingerprint density at radius 1 is 1.17 bits per heavy atom. The lowest BCUT2D eigenvalue weighted by Crippen LogP contribution is -2.38. The molecule has 1 saturated heterocycles. The van der Waals surface area contributed by atoms with Crippen molar-refractivity contribution in [1.29, 1.82) is 0 Å². The van der Waals surface area contributed by atoms with Crippen molar-refractivity contribution in [3.8, 4) is 11.1 Å². The molecule has 1 N–H and O–H groups in total. The van der Waals surface area contributed by atoms with E-state index in [1.807, 2.05) is 23.1 Å². The van der Waals surface area contributed by atoms with Gasteiger partial charge in [-0.05, 0) is 12.1 Å². The summed E-state index contributed by atoms with van der Waals surface area (Å²) in [6.07, 6.45) is 5.60. The summed E-state index contributed by atoms with van der Waals surface area (Å²) in [5.41, 5.74) is 3.31. The first-order chi connectivity index (χ1) is 11.8. The number of ether oxygens (including phenoxy) is 1. The number of aromatic nitrogens is 4. The molecule has 0 saturated carbocycles. The third-order valence-corrected chi connectivity index (χ3v) is 4.31. The molecular weight excluding hydrogens is 306 g/mol. The van der Waals surface area contributed by atoms with Crippen LogP contribution in [0.15, 0.2) is 41.6 Å². The highest BCUT2D eigenvalue weighted by atomic mass is 16.5. The highest BCUT2D eigenvalue weighted by Gasteiger charge is 2.11. The standard InChI is InChI=1S/C17H19N5O2/c23-16-2-1-15-17(20-16)14(3-4-18-15)13-11-19-22(12-13)6-5-21-7-9-24-10-8-21/h1-4,11-12H,5-10H2,(H,20,23). The molecule has 0 amide bonds. The quantitative estimate of drug-likeness (QED) is 0.778. The molecule has 3 aromatic rings. The van der Waals surface area contributed by atoms with Gasteiger partial charge in [0.15, 0.2) is 0 Å². The van der Waals surface area contributed by atoms with E-state index in [4.69, 9.17) is 4.74 Å². The summed E-state index contributed by atoms with van der Waals surface area (Å²) in [6.45, 7) is 5.36. The minimum Gasteiger partial charge on any atom is -0.379 e. The van der Waals surface area contributed by atoms with Crippen molar-refractivity contribution in [2.75, 3.05) is 32.8 Å². The van der Waals surface area contributed by atoms with E-state index in [9.17, 15) is 4.79 Å². The van der Waals surface area contributed by atoms with Crippen LogP contribution in [-0.4, -0.2) is 57.5 Å². The first-order valence-electron chi connectivity index (χ1n) is 8.10. The summed E-state index contributed by atoms with van der Waals surface area (Å²) in [5, 5.41) is 4.45. The molecule has 0 aliphatic carbocycles. The van der Waals surface area contributed by atoms with Gasteiger partial charge in [-0.3, -0.25) is 19.4 Å². The smallest absolute Gasteiger partial charge is 0.248 e. The number of nitrogens with zero attached hydrogens (tertiary/aromatic N) is 4. The van der Waals surface area contributed by atoms with Crippen LogP contribution in [0.25, 0.3) is 22.2 Å². The van der Waals surface area contributed by atoms with Crippen molar-refractivity contribution in [3.05, 3.63) is 47.1 Å². The molecule has 1 aliphatic rings. The zero-order valence-corrected chi connectivity index (χ0v) is 13.3. The Labute approximate surface area is 138 Å². The molecule has 1 aliphatic heterocycles. The van der Waals surface area contributed by atoms with Gasteiger partial charge < -0.3 is 9.72 Å². The van der Waals surface area contributed by atoms with Crippen LogP contribution in [0.5, 0.6) is 0 Å². The molecule has 7 nitrogen and oxygen atoms in total. The fraction of sp³-hybridized carbons (Fsp3) is 0.353. The molecule has 0 aromatic carbocycles. The summed E-state index contributed by atoms with van der Waals surface area (Å²) in [4.78, 5) is 21.2. The highest BCUT2D eigenvalue weighted by Crippen LogP contribution is 2.24. The molecule has 0 spiro atoms. The van der Waals surface area contributed by atoms with Crippen LogP contribution in [0.2, 0.25) is 0 Å². The van der Waals surface area contributed by atoms with E-state index in [1.165, 1.54) is 6.07 Å². The Kier molecular flexibility index (Phi) is 4.10. The SMILES string of the molecule is O=c1ccc2nccc(-c3cnn(CCN4CCOCC4)c3)c2[nH]1. The predicted octanol–water partition coefficient (Wildman–Crippen LogP) is 1.12. The van der Waals surface area contributed by atoms with Crippen LogP contribution in [0.1, 0.15) is 0 Å². The van der Waals surface area contributed by atoms with Gasteiger partial charge in [-0.2, -0.15) is 5.10 Å². The summed E-state index contributed by atoms with van der Waals surface area (Å²) in [6, 6.07) is 5.13. The third kappa shape index (κ3) is 3.08. The van der Waals surface area contributed by atoms with E-state index < -0.39 is 0 Å². The van der Waals surface area contributed by atoms with Gasteiger partial charge in [-0.1, -0.05) is 0 Å². The zero-order chi connectivity index (χ0) is 16.4. The molecule has 0 atom stereocenters. The van der Waals surface area contributed by atoms with Gasteiger partial charge in [0.05, 0.1) is 37.0 Å².